The molecule has 2 aromatic carbocycles. The number of aromatic nitrogens is 2. The summed E-state index contributed by atoms with van der Waals surface area (Å²) >= 11 is 12.9. The molecule has 3 aromatic rings. The number of nitrogens with zero attached hydrogens (tertiary/aromatic N) is 2. The number of hydrogen-bond donors (Lipinski definition) is 1. The van der Waals surface area contributed by atoms with E-state index in [1.165, 1.54) is 0 Å². The van der Waals surface area contributed by atoms with Crippen LogP contribution in [0.3, 0.4) is 0 Å². The Labute approximate surface area is 175 Å². The number of ether oxygens (including phenoxy) is 2. The van der Waals surface area contributed by atoms with Gasteiger partial charge in [0.05, 0.1) is 20.0 Å². The Kier molecular flexibility index (Phi) is 6.66. The number of amides is 1. The predicted molar refractivity (Wildman–Crippen MR) is 109 cm³/mol. The van der Waals surface area contributed by atoms with Crippen LogP contribution in [-0.4, -0.2) is 36.1 Å². The Morgan fingerprint density at radius 2 is 1.68 bits per heavy atom. The van der Waals surface area contributed by atoms with Gasteiger partial charge in [-0.25, -0.2) is 0 Å². The van der Waals surface area contributed by atoms with E-state index in [0.29, 0.717) is 38.7 Å². The fraction of sp³-hybridized carbons (Fsp3) is 0.167. The molecule has 0 fully saturated rings. The third-order valence-corrected chi connectivity index (χ3v) is 4.73. The van der Waals surface area contributed by atoms with Gasteiger partial charge >= 0.3 is 0 Å². The van der Waals surface area contributed by atoms with Crippen molar-refractivity contribution in [1.29, 1.82) is 0 Å². The summed E-state index contributed by atoms with van der Waals surface area (Å²) in [6.07, 6.45) is 0. The fourth-order valence-electron chi connectivity index (χ4n) is 2.27. The topological polar surface area (TPSA) is 86.5 Å². The van der Waals surface area contributed by atoms with Crippen molar-refractivity contribution >= 4 is 46.6 Å². The molecule has 7 nitrogen and oxygen atoms in total. The summed E-state index contributed by atoms with van der Waals surface area (Å²) < 4.78 is 16.1. The van der Waals surface area contributed by atoms with Gasteiger partial charge in [0.2, 0.25) is 11.8 Å². The maximum Gasteiger partial charge on any atom is 0.277 e. The van der Waals surface area contributed by atoms with Crippen molar-refractivity contribution in [3.63, 3.8) is 0 Å². The van der Waals surface area contributed by atoms with Crippen LogP contribution in [-0.2, 0) is 4.79 Å². The van der Waals surface area contributed by atoms with Gasteiger partial charge in [0.25, 0.3) is 5.22 Å². The smallest absolute Gasteiger partial charge is 0.277 e. The third kappa shape index (κ3) is 5.31. The van der Waals surface area contributed by atoms with E-state index in [1.54, 1.807) is 50.6 Å². The lowest BCUT2D eigenvalue weighted by atomic mass is 10.2. The number of carbonyl (C=O) groups is 1. The minimum absolute atomic E-state index is 0.0766. The van der Waals surface area contributed by atoms with Crippen molar-refractivity contribution in [1.82, 2.24) is 10.2 Å². The number of halogens is 2. The first-order valence-corrected chi connectivity index (χ1v) is 9.66. The van der Waals surface area contributed by atoms with Gasteiger partial charge in [0.15, 0.2) is 0 Å². The Morgan fingerprint density at radius 3 is 2.29 bits per heavy atom. The molecule has 0 unspecified atom stereocenters. The molecule has 0 saturated carbocycles. The van der Waals surface area contributed by atoms with Crippen molar-refractivity contribution < 1.29 is 18.7 Å². The van der Waals surface area contributed by atoms with Crippen molar-refractivity contribution in [2.45, 2.75) is 5.22 Å². The monoisotopic (exact) mass is 439 g/mol. The molecule has 1 amide bonds. The van der Waals surface area contributed by atoms with Gasteiger partial charge < -0.3 is 19.2 Å². The van der Waals surface area contributed by atoms with Gasteiger partial charge in [0, 0.05) is 27.4 Å². The van der Waals surface area contributed by atoms with E-state index in [0.717, 1.165) is 11.8 Å². The Bertz CT molecular complexity index is 954. The lowest BCUT2D eigenvalue weighted by Crippen LogP contribution is -2.13. The predicted octanol–water partition coefficient (Wildman–Crippen LogP) is 4.79. The second-order valence-electron chi connectivity index (χ2n) is 5.47. The van der Waals surface area contributed by atoms with E-state index >= 15 is 0 Å². The minimum atomic E-state index is -0.258. The summed E-state index contributed by atoms with van der Waals surface area (Å²) in [5.74, 6) is 1.31. The Morgan fingerprint density at radius 1 is 1.04 bits per heavy atom. The van der Waals surface area contributed by atoms with Crippen molar-refractivity contribution in [3.8, 4) is 23.0 Å². The van der Waals surface area contributed by atoms with Crippen LogP contribution in [0.1, 0.15) is 0 Å². The quantitative estimate of drug-likeness (QED) is 0.529. The zero-order valence-corrected chi connectivity index (χ0v) is 17.2. The van der Waals surface area contributed by atoms with E-state index in [1.807, 2.05) is 0 Å². The van der Waals surface area contributed by atoms with Crippen LogP contribution in [0.5, 0.6) is 11.5 Å². The molecule has 1 aromatic heterocycles. The summed E-state index contributed by atoms with van der Waals surface area (Å²) in [4.78, 5) is 12.1. The van der Waals surface area contributed by atoms with E-state index in [-0.39, 0.29) is 16.9 Å². The number of nitrogens with one attached hydrogen (secondary N) is 1. The van der Waals surface area contributed by atoms with E-state index in [4.69, 9.17) is 37.1 Å². The van der Waals surface area contributed by atoms with Crippen LogP contribution in [0.4, 0.5) is 5.69 Å². The van der Waals surface area contributed by atoms with E-state index < -0.39 is 0 Å². The van der Waals surface area contributed by atoms with Gasteiger partial charge in [-0.2, -0.15) is 0 Å². The standard InChI is InChI=1S/C18H15Cl2N3O4S/c1-25-14-3-10(4-15(8-14)26-2)17-22-23-18(27-17)28-9-16(24)21-13-6-11(19)5-12(20)7-13/h3-8H,9H2,1-2H3,(H,21,24). The van der Waals surface area contributed by atoms with Crippen molar-refractivity contribution in [2.24, 2.45) is 0 Å². The van der Waals surface area contributed by atoms with Crippen LogP contribution < -0.4 is 14.8 Å². The zero-order chi connectivity index (χ0) is 20.1. The van der Waals surface area contributed by atoms with Crippen LogP contribution in [0.25, 0.3) is 11.5 Å². The third-order valence-electron chi connectivity index (χ3n) is 3.48. The second-order valence-corrected chi connectivity index (χ2v) is 7.27. The minimum Gasteiger partial charge on any atom is -0.497 e. The summed E-state index contributed by atoms with van der Waals surface area (Å²) in [6, 6.07) is 10.0. The van der Waals surface area contributed by atoms with Crippen molar-refractivity contribution in [3.05, 3.63) is 46.4 Å². The molecule has 1 heterocycles. The molecule has 10 heteroatoms. The van der Waals surface area contributed by atoms with Crippen LogP contribution in [0.2, 0.25) is 10.0 Å². The molecule has 0 aliphatic heterocycles. The summed E-state index contributed by atoms with van der Waals surface area (Å²) in [6.45, 7) is 0. The van der Waals surface area contributed by atoms with Crippen LogP contribution >= 0.6 is 35.0 Å². The fourth-order valence-corrected chi connectivity index (χ4v) is 3.36. The SMILES string of the molecule is COc1cc(OC)cc(-c2nnc(SCC(=O)Nc3cc(Cl)cc(Cl)c3)o2)c1. The molecule has 146 valence electrons. The van der Waals surface area contributed by atoms with Gasteiger partial charge in [0.1, 0.15) is 11.5 Å². The number of methoxy groups -OCH3 is 2. The largest absolute Gasteiger partial charge is 0.497 e. The molecule has 1 N–H and O–H groups in total. The zero-order valence-electron chi connectivity index (χ0n) is 14.9. The average Bonchev–Trinajstić information content (AvgIpc) is 3.14. The first kappa shape index (κ1) is 20.3. The Hall–Kier alpha value is -2.42. The molecular formula is C18H15Cl2N3O4S. The normalized spacial score (nSPS) is 10.6. The molecule has 3 rings (SSSR count). The van der Waals surface area contributed by atoms with Gasteiger partial charge in [-0.1, -0.05) is 35.0 Å². The molecule has 28 heavy (non-hydrogen) atoms. The highest BCUT2D eigenvalue weighted by Crippen LogP contribution is 2.30. The maximum atomic E-state index is 12.1. The highest BCUT2D eigenvalue weighted by Gasteiger charge is 2.14. The molecule has 0 atom stereocenters. The lowest BCUT2D eigenvalue weighted by Gasteiger charge is -2.06. The number of thioether (sulfide) groups is 1. The number of benzene rings is 2. The average molecular weight is 440 g/mol. The first-order valence-electron chi connectivity index (χ1n) is 7.92. The first-order chi connectivity index (χ1) is 13.5. The molecule has 0 radical (unpaired) electrons. The summed E-state index contributed by atoms with van der Waals surface area (Å²) in [7, 11) is 3.11. The highest BCUT2D eigenvalue weighted by molar-refractivity contribution is 7.99. The van der Waals surface area contributed by atoms with E-state index in [2.05, 4.69) is 15.5 Å². The second kappa shape index (κ2) is 9.18. The molecule has 0 spiro atoms. The molecule has 0 aliphatic carbocycles. The molecule has 0 aliphatic rings. The van der Waals surface area contributed by atoms with Gasteiger partial charge in [-0.15, -0.1) is 10.2 Å². The Balaban J connectivity index is 1.64. The van der Waals surface area contributed by atoms with E-state index in [9.17, 15) is 4.79 Å². The molecular weight excluding hydrogens is 425 g/mol. The molecule has 0 bridgehead atoms. The van der Waals surface area contributed by atoms with Crippen LogP contribution in [0.15, 0.2) is 46.0 Å². The highest BCUT2D eigenvalue weighted by atomic mass is 35.5. The molecule has 0 saturated heterocycles. The maximum absolute atomic E-state index is 12.1. The number of hydrogen-bond acceptors (Lipinski definition) is 7. The summed E-state index contributed by atoms with van der Waals surface area (Å²) in [5, 5.41) is 11.8. The number of rotatable bonds is 7. The van der Waals surface area contributed by atoms with Crippen LogP contribution in [0, 0.1) is 0 Å². The van der Waals surface area contributed by atoms with Gasteiger partial charge in [-0.05, 0) is 30.3 Å². The lowest BCUT2D eigenvalue weighted by molar-refractivity contribution is -0.113. The number of carbonyl (C=O) groups excluding carboxylic acids is 1. The van der Waals surface area contributed by atoms with Crippen molar-refractivity contribution in [2.75, 3.05) is 25.3 Å². The van der Waals surface area contributed by atoms with Gasteiger partial charge in [-0.3, -0.25) is 4.79 Å². The number of anilines is 1. The summed E-state index contributed by atoms with van der Waals surface area (Å²) in [5.41, 5.74) is 1.16.